The molecule has 4 heteroatoms. The maximum Gasteiger partial charge on any atom is 0.165 e. The Hall–Kier alpha value is -1.81. The lowest BCUT2D eigenvalue weighted by Crippen LogP contribution is -2.68. The fourth-order valence-corrected chi connectivity index (χ4v) is 8.57. The number of ether oxygens (including phenoxy) is 1. The van der Waals surface area contributed by atoms with E-state index in [1.54, 1.807) is 13.0 Å². The first-order valence-electron chi connectivity index (χ1n) is 9.78. The molecule has 0 aromatic heterocycles. The number of phenols is 1. The summed E-state index contributed by atoms with van der Waals surface area (Å²) >= 11 is 0. The number of hydrogen-bond acceptors (Lipinski definition) is 4. The Kier molecular flexibility index (Phi) is 1.92. The van der Waals surface area contributed by atoms with Gasteiger partial charge in [-0.15, -0.1) is 0 Å². The van der Waals surface area contributed by atoms with Gasteiger partial charge in [-0.1, -0.05) is 25.1 Å². The maximum absolute atomic E-state index is 12.6. The molecule has 1 saturated heterocycles. The Balaban J connectivity index is 1.62. The second kappa shape index (κ2) is 3.49. The van der Waals surface area contributed by atoms with E-state index < -0.39 is 0 Å². The van der Waals surface area contributed by atoms with Gasteiger partial charge in [0.25, 0.3) is 0 Å². The highest BCUT2D eigenvalue weighted by Gasteiger charge is 2.89. The van der Waals surface area contributed by atoms with Crippen molar-refractivity contribution in [1.29, 1.82) is 0 Å². The molecule has 5 aliphatic carbocycles. The van der Waals surface area contributed by atoms with Crippen LogP contribution in [-0.2, 0) is 16.6 Å². The van der Waals surface area contributed by atoms with Crippen molar-refractivity contribution in [3.63, 3.8) is 0 Å². The van der Waals surface area contributed by atoms with Crippen LogP contribution in [0.2, 0.25) is 0 Å². The number of Topliss-reactive ketones (excluding diaryl/α,β-unsaturated/α-hetero) is 1. The lowest BCUT2D eigenvalue weighted by Gasteiger charge is -2.63. The summed E-state index contributed by atoms with van der Waals surface area (Å²) in [6.45, 7) is 3.95. The number of likely N-dealkylation sites (N-methyl/N-ethyl adjacent to an activating group) is 1. The summed E-state index contributed by atoms with van der Waals surface area (Å²) in [5, 5.41) is 10.6. The number of hydrogen-bond donors (Lipinski definition) is 1. The minimum absolute atomic E-state index is 0.00608. The molecule has 4 nitrogen and oxygen atoms in total. The van der Waals surface area contributed by atoms with Gasteiger partial charge in [0, 0.05) is 39.3 Å². The van der Waals surface area contributed by atoms with Crippen LogP contribution < -0.4 is 4.74 Å². The maximum atomic E-state index is 12.6. The molecule has 1 aromatic carbocycles. The van der Waals surface area contributed by atoms with E-state index in [0.29, 0.717) is 11.8 Å². The lowest BCUT2D eigenvalue weighted by molar-refractivity contribution is -0.144. The van der Waals surface area contributed by atoms with Crippen LogP contribution >= 0.6 is 0 Å². The number of fused-ring (bicyclic) bond motifs is 1. The van der Waals surface area contributed by atoms with Crippen molar-refractivity contribution >= 4 is 5.78 Å². The van der Waals surface area contributed by atoms with E-state index in [0.717, 1.165) is 19.3 Å². The molecule has 7 aliphatic rings. The molecule has 3 fully saturated rings. The highest BCUT2D eigenvalue weighted by molar-refractivity contribution is 5.82. The third-order valence-electron chi connectivity index (χ3n) is 9.37. The molecule has 4 bridgehead atoms. The van der Waals surface area contributed by atoms with Gasteiger partial charge in [0.05, 0.1) is 0 Å². The van der Waals surface area contributed by atoms with Gasteiger partial charge < -0.3 is 9.84 Å². The van der Waals surface area contributed by atoms with Crippen molar-refractivity contribution in [2.75, 3.05) is 7.05 Å². The zero-order valence-corrected chi connectivity index (χ0v) is 15.4. The van der Waals surface area contributed by atoms with E-state index in [1.165, 1.54) is 11.1 Å². The number of carbonyl (C=O) groups excluding carboxylic acids is 1. The third kappa shape index (κ3) is 1.01. The largest absolute Gasteiger partial charge is 0.504 e. The summed E-state index contributed by atoms with van der Waals surface area (Å²) in [5.74, 6) is 1.23. The van der Waals surface area contributed by atoms with Crippen LogP contribution in [0.1, 0.15) is 37.8 Å². The standard InChI is InChI=1S/C22H23NO3/c1-11(24)13-9-20-7-6-19(13,2)18-22(20)10-21(17(20)23(21)3)8-12-4-5-14(25)16(26-18)15(12)22/h4-7,13,17-18,25H,8-10H2,1-3H3/t13?,17-,18?,19?,20?,21?,22-,23?/m0/s1. The minimum atomic E-state index is -0.301. The second-order valence-corrected chi connectivity index (χ2v) is 9.99. The van der Waals surface area contributed by atoms with Gasteiger partial charge in [-0.25, -0.2) is 0 Å². The van der Waals surface area contributed by atoms with Gasteiger partial charge in [0.15, 0.2) is 11.5 Å². The number of aromatic hydroxyl groups is 1. The Morgan fingerprint density at radius 3 is 2.92 bits per heavy atom. The first-order valence-corrected chi connectivity index (χ1v) is 9.78. The van der Waals surface area contributed by atoms with Crippen molar-refractivity contribution in [3.05, 3.63) is 35.4 Å². The van der Waals surface area contributed by atoms with E-state index in [2.05, 4.69) is 37.1 Å². The number of phenolic OH excluding ortho intramolecular Hbond substituents is 1. The van der Waals surface area contributed by atoms with Crippen molar-refractivity contribution in [2.24, 2.45) is 16.7 Å². The van der Waals surface area contributed by atoms with Gasteiger partial charge in [-0.3, -0.25) is 9.69 Å². The Bertz CT molecular complexity index is 984. The van der Waals surface area contributed by atoms with Gasteiger partial charge >= 0.3 is 0 Å². The Morgan fingerprint density at radius 1 is 1.35 bits per heavy atom. The second-order valence-electron chi connectivity index (χ2n) is 9.99. The molecule has 6 unspecified atom stereocenters. The molecule has 2 saturated carbocycles. The summed E-state index contributed by atoms with van der Waals surface area (Å²) in [6, 6.07) is 4.39. The number of piperidine rings is 1. The molecule has 1 aromatic rings. The van der Waals surface area contributed by atoms with E-state index in [4.69, 9.17) is 4.74 Å². The molecule has 1 N–H and O–H groups in total. The molecule has 134 valence electrons. The predicted molar refractivity (Wildman–Crippen MR) is 95.3 cm³/mol. The number of ketones is 1. The summed E-state index contributed by atoms with van der Waals surface area (Å²) in [7, 11) is 2.25. The van der Waals surface area contributed by atoms with Crippen molar-refractivity contribution in [2.45, 2.75) is 56.2 Å². The molecular formula is C22H23NO3. The van der Waals surface area contributed by atoms with E-state index in [-0.39, 0.29) is 45.3 Å². The summed E-state index contributed by atoms with van der Waals surface area (Å²) in [5.41, 5.74) is 2.39. The van der Waals surface area contributed by atoms with Crippen molar-refractivity contribution < 1.29 is 14.6 Å². The van der Waals surface area contributed by atoms with Crippen LogP contribution in [0.5, 0.6) is 11.5 Å². The monoisotopic (exact) mass is 349 g/mol. The van der Waals surface area contributed by atoms with Crippen LogP contribution in [0.3, 0.4) is 0 Å². The summed E-state index contributed by atoms with van der Waals surface area (Å²) in [4.78, 5) is 15.2. The quantitative estimate of drug-likeness (QED) is 0.625. The van der Waals surface area contributed by atoms with Gasteiger partial charge in [0.2, 0.25) is 0 Å². The Morgan fingerprint density at radius 2 is 2.15 bits per heavy atom. The highest BCUT2D eigenvalue weighted by atomic mass is 16.5. The highest BCUT2D eigenvalue weighted by Crippen LogP contribution is 2.84. The average Bonchev–Trinajstić information content (AvgIpc) is 2.92. The van der Waals surface area contributed by atoms with Crippen molar-refractivity contribution in [1.82, 2.24) is 4.90 Å². The number of likely N-dealkylation sites (tertiary alicyclic amines) is 1. The molecule has 0 amide bonds. The molecule has 3 spiro atoms. The molecule has 0 radical (unpaired) electrons. The first kappa shape index (κ1) is 14.3. The normalized spacial score (nSPS) is 55.3. The number of nitrogens with zero attached hydrogens (tertiary/aromatic N) is 1. The molecule has 8 rings (SSSR count). The van der Waals surface area contributed by atoms with Gasteiger partial charge in [-0.2, -0.15) is 0 Å². The summed E-state index contributed by atoms with van der Waals surface area (Å²) in [6.07, 6.45) is 7.74. The number of benzene rings is 1. The van der Waals surface area contributed by atoms with Gasteiger partial charge in [0.1, 0.15) is 11.9 Å². The first-order chi connectivity index (χ1) is 12.3. The van der Waals surface area contributed by atoms with Crippen LogP contribution in [0.15, 0.2) is 24.3 Å². The van der Waals surface area contributed by atoms with E-state index >= 15 is 0 Å². The zero-order chi connectivity index (χ0) is 17.9. The number of carbonyl (C=O) groups is 1. The van der Waals surface area contributed by atoms with Crippen LogP contribution in [0, 0.1) is 16.7 Å². The fraction of sp³-hybridized carbons (Fsp3) is 0.591. The third-order valence-corrected chi connectivity index (χ3v) is 9.37. The smallest absolute Gasteiger partial charge is 0.165 e. The molecule has 8 atom stereocenters. The predicted octanol–water partition coefficient (Wildman–Crippen LogP) is 2.58. The topological polar surface area (TPSA) is 49.5 Å². The van der Waals surface area contributed by atoms with Gasteiger partial charge in [-0.05, 0) is 44.9 Å². The van der Waals surface area contributed by atoms with E-state index in [9.17, 15) is 9.90 Å². The van der Waals surface area contributed by atoms with Crippen LogP contribution in [-0.4, -0.2) is 40.5 Å². The summed E-state index contributed by atoms with van der Waals surface area (Å²) < 4.78 is 6.59. The van der Waals surface area contributed by atoms with E-state index in [1.807, 2.05) is 0 Å². The lowest BCUT2D eigenvalue weighted by atomic mass is 9.40. The average molecular weight is 349 g/mol. The van der Waals surface area contributed by atoms with Crippen molar-refractivity contribution in [3.8, 4) is 11.5 Å². The molecule has 26 heavy (non-hydrogen) atoms. The molecule has 2 aliphatic heterocycles. The fourth-order valence-electron chi connectivity index (χ4n) is 8.57. The minimum Gasteiger partial charge on any atom is -0.504 e. The molecular weight excluding hydrogens is 326 g/mol. The zero-order valence-electron chi connectivity index (χ0n) is 15.4. The Labute approximate surface area is 152 Å². The number of rotatable bonds is 1. The van der Waals surface area contributed by atoms with Crippen LogP contribution in [0.25, 0.3) is 0 Å². The van der Waals surface area contributed by atoms with Crippen LogP contribution in [0.4, 0.5) is 0 Å². The SMILES string of the molecule is CC(=O)C1CC23C=CC1(C)C1Oc4c(O)ccc5c4[C@@]12CC1(C5)[C@H]3N1C. The molecule has 2 heterocycles.